The molecule has 0 radical (unpaired) electrons. The van der Waals surface area contributed by atoms with E-state index in [1.165, 1.54) is 0 Å². The Hall–Kier alpha value is -1.64. The Morgan fingerprint density at radius 1 is 1.45 bits per heavy atom. The van der Waals surface area contributed by atoms with Gasteiger partial charge < -0.3 is 20.1 Å². The smallest absolute Gasteiger partial charge is 0.330 e. The molecule has 4 N–H and O–H groups in total. The zero-order valence-electron chi connectivity index (χ0n) is 9.96. The SMILES string of the molecule is N#CSc1cn(C2OC(CO)C(O)C2O)c(=O)[nH]c1=O. The number of hydrogen-bond acceptors (Lipinski definition) is 8. The zero-order valence-corrected chi connectivity index (χ0v) is 10.8. The number of aliphatic hydroxyl groups excluding tert-OH is 3. The van der Waals surface area contributed by atoms with E-state index in [4.69, 9.17) is 15.1 Å². The maximum atomic E-state index is 11.7. The first-order valence-corrected chi connectivity index (χ1v) is 6.35. The van der Waals surface area contributed by atoms with E-state index in [0.717, 1.165) is 10.8 Å². The molecule has 0 spiro atoms. The summed E-state index contributed by atoms with van der Waals surface area (Å²) in [5, 5.41) is 38.7. The van der Waals surface area contributed by atoms with Crippen LogP contribution in [0.25, 0.3) is 0 Å². The molecule has 1 aromatic rings. The predicted octanol–water partition coefficient (Wildman–Crippen LogP) is -2.28. The summed E-state index contributed by atoms with van der Waals surface area (Å²) in [6.07, 6.45) is -4.05. The Morgan fingerprint density at radius 2 is 2.15 bits per heavy atom. The topological polar surface area (TPSA) is 149 Å². The molecule has 1 aromatic heterocycles. The van der Waals surface area contributed by atoms with Crippen LogP contribution >= 0.6 is 11.8 Å². The lowest BCUT2D eigenvalue weighted by atomic mass is 10.1. The first-order valence-electron chi connectivity index (χ1n) is 5.53. The largest absolute Gasteiger partial charge is 0.394 e. The number of nitrogens with zero attached hydrogens (tertiary/aromatic N) is 2. The van der Waals surface area contributed by atoms with E-state index in [2.05, 4.69) is 0 Å². The molecule has 1 saturated heterocycles. The summed E-state index contributed by atoms with van der Waals surface area (Å²) in [4.78, 5) is 25.1. The predicted molar refractivity (Wildman–Crippen MR) is 65.8 cm³/mol. The second-order valence-corrected chi connectivity index (χ2v) is 4.91. The molecular formula is C10H11N3O6S. The first-order chi connectivity index (χ1) is 9.49. The highest BCUT2D eigenvalue weighted by Gasteiger charge is 2.43. The molecule has 1 fully saturated rings. The summed E-state index contributed by atoms with van der Waals surface area (Å²) < 4.78 is 6.04. The second-order valence-electron chi connectivity index (χ2n) is 4.08. The minimum atomic E-state index is -1.45. The van der Waals surface area contributed by atoms with E-state index in [0.29, 0.717) is 11.8 Å². The minimum absolute atomic E-state index is 0.0511. The Kier molecular flexibility index (Phi) is 4.26. The Morgan fingerprint density at radius 3 is 2.70 bits per heavy atom. The van der Waals surface area contributed by atoms with Crippen LogP contribution < -0.4 is 11.2 Å². The third-order valence-electron chi connectivity index (χ3n) is 2.88. The molecule has 2 heterocycles. The van der Waals surface area contributed by atoms with Crippen molar-refractivity contribution in [3.05, 3.63) is 27.0 Å². The minimum Gasteiger partial charge on any atom is -0.394 e. The number of nitriles is 1. The average Bonchev–Trinajstić information content (AvgIpc) is 2.70. The van der Waals surface area contributed by atoms with Gasteiger partial charge in [0.1, 0.15) is 28.6 Å². The van der Waals surface area contributed by atoms with Crippen molar-refractivity contribution in [1.82, 2.24) is 9.55 Å². The molecule has 10 heteroatoms. The molecule has 0 saturated carbocycles. The van der Waals surface area contributed by atoms with Gasteiger partial charge in [0.25, 0.3) is 5.56 Å². The van der Waals surface area contributed by atoms with Gasteiger partial charge in [-0.3, -0.25) is 14.3 Å². The van der Waals surface area contributed by atoms with E-state index < -0.39 is 42.4 Å². The summed E-state index contributed by atoms with van der Waals surface area (Å²) in [6.45, 7) is -0.535. The van der Waals surface area contributed by atoms with E-state index in [-0.39, 0.29) is 4.90 Å². The summed E-state index contributed by atoms with van der Waals surface area (Å²) in [7, 11) is 0. The van der Waals surface area contributed by atoms with Crippen LogP contribution in [0, 0.1) is 10.7 Å². The maximum Gasteiger partial charge on any atom is 0.330 e. The van der Waals surface area contributed by atoms with Crippen LogP contribution in [-0.2, 0) is 4.74 Å². The van der Waals surface area contributed by atoms with Crippen LogP contribution in [0.15, 0.2) is 20.7 Å². The molecular weight excluding hydrogens is 290 g/mol. The lowest BCUT2D eigenvalue weighted by molar-refractivity contribution is -0.0553. The Bertz CT molecular complexity index is 650. The molecule has 4 atom stereocenters. The highest BCUT2D eigenvalue weighted by Crippen LogP contribution is 2.28. The average molecular weight is 301 g/mol. The van der Waals surface area contributed by atoms with Crippen molar-refractivity contribution < 1.29 is 20.1 Å². The van der Waals surface area contributed by atoms with Crippen molar-refractivity contribution in [3.63, 3.8) is 0 Å². The Balaban J connectivity index is 2.43. The van der Waals surface area contributed by atoms with Crippen molar-refractivity contribution >= 4 is 11.8 Å². The highest BCUT2D eigenvalue weighted by atomic mass is 32.2. The number of hydrogen-bond donors (Lipinski definition) is 4. The Labute approximate surface area is 116 Å². The number of aliphatic hydroxyl groups is 3. The molecule has 1 aliphatic heterocycles. The van der Waals surface area contributed by atoms with Gasteiger partial charge in [-0.2, -0.15) is 5.26 Å². The normalized spacial score (nSPS) is 29.3. The van der Waals surface area contributed by atoms with Crippen LogP contribution in [0.4, 0.5) is 0 Å². The fourth-order valence-electron chi connectivity index (χ4n) is 1.89. The second kappa shape index (κ2) is 5.78. The zero-order chi connectivity index (χ0) is 14.9. The summed E-state index contributed by atoms with van der Waals surface area (Å²) in [6, 6.07) is 0. The van der Waals surface area contributed by atoms with E-state index in [1.54, 1.807) is 5.40 Å². The fourth-order valence-corrected chi connectivity index (χ4v) is 2.30. The highest BCUT2D eigenvalue weighted by molar-refractivity contribution is 8.03. The van der Waals surface area contributed by atoms with Crippen molar-refractivity contribution in [2.45, 2.75) is 29.4 Å². The van der Waals surface area contributed by atoms with E-state index >= 15 is 0 Å². The van der Waals surface area contributed by atoms with Gasteiger partial charge >= 0.3 is 5.69 Å². The number of aromatic amines is 1. The molecule has 2 rings (SSSR count). The fraction of sp³-hybridized carbons (Fsp3) is 0.500. The lowest BCUT2D eigenvalue weighted by Crippen LogP contribution is -2.38. The molecule has 0 amide bonds. The number of aromatic nitrogens is 2. The van der Waals surface area contributed by atoms with Gasteiger partial charge in [0, 0.05) is 6.20 Å². The molecule has 0 aromatic carbocycles. The molecule has 0 bridgehead atoms. The molecule has 108 valence electrons. The summed E-state index contributed by atoms with van der Waals surface area (Å²) in [5.74, 6) is 0. The number of rotatable bonds is 3. The van der Waals surface area contributed by atoms with Gasteiger partial charge in [-0.15, -0.1) is 0 Å². The summed E-state index contributed by atoms with van der Waals surface area (Å²) >= 11 is 0.545. The van der Waals surface area contributed by atoms with Crippen LogP contribution in [0.3, 0.4) is 0 Å². The van der Waals surface area contributed by atoms with Crippen LogP contribution in [-0.4, -0.2) is 49.8 Å². The lowest BCUT2D eigenvalue weighted by Gasteiger charge is -2.17. The maximum absolute atomic E-state index is 11.7. The quantitative estimate of drug-likeness (QED) is 0.360. The molecule has 0 aliphatic carbocycles. The van der Waals surface area contributed by atoms with Gasteiger partial charge in [-0.1, -0.05) is 0 Å². The number of H-pyrrole nitrogens is 1. The van der Waals surface area contributed by atoms with Gasteiger partial charge in [-0.25, -0.2) is 4.79 Å². The van der Waals surface area contributed by atoms with Crippen LogP contribution in [0.5, 0.6) is 0 Å². The van der Waals surface area contributed by atoms with Gasteiger partial charge in [-0.05, 0) is 11.8 Å². The standard InChI is InChI=1S/C10H11N3O6S/c11-3-20-5-1-13(10(18)12-8(5)17)9-7(16)6(15)4(2-14)19-9/h1,4,6-7,9,14-16H,2H2,(H,12,17,18). The van der Waals surface area contributed by atoms with Crippen LogP contribution in [0.2, 0.25) is 0 Å². The van der Waals surface area contributed by atoms with Crippen molar-refractivity contribution in [2.75, 3.05) is 6.61 Å². The van der Waals surface area contributed by atoms with E-state index in [9.17, 15) is 19.8 Å². The molecule has 9 nitrogen and oxygen atoms in total. The monoisotopic (exact) mass is 301 g/mol. The van der Waals surface area contributed by atoms with Crippen LogP contribution in [0.1, 0.15) is 6.23 Å². The van der Waals surface area contributed by atoms with Crippen molar-refractivity contribution in [3.8, 4) is 5.40 Å². The number of ether oxygens (including phenoxy) is 1. The first kappa shape index (κ1) is 14.8. The molecule has 20 heavy (non-hydrogen) atoms. The molecule has 1 aliphatic rings. The summed E-state index contributed by atoms with van der Waals surface area (Å²) in [5.41, 5.74) is -1.59. The van der Waals surface area contributed by atoms with Crippen molar-refractivity contribution in [2.24, 2.45) is 0 Å². The number of thioether (sulfide) groups is 1. The molecule has 4 unspecified atom stereocenters. The third kappa shape index (κ3) is 2.49. The van der Waals surface area contributed by atoms with Crippen molar-refractivity contribution in [1.29, 1.82) is 5.26 Å². The van der Waals surface area contributed by atoms with Gasteiger partial charge in [0.05, 0.1) is 6.61 Å². The third-order valence-corrected chi connectivity index (χ3v) is 3.48. The van der Waals surface area contributed by atoms with Gasteiger partial charge in [0.2, 0.25) is 0 Å². The number of nitrogens with one attached hydrogen (secondary N) is 1. The van der Waals surface area contributed by atoms with Gasteiger partial charge in [0.15, 0.2) is 6.23 Å². The number of thiocyanates is 1. The van der Waals surface area contributed by atoms with E-state index in [1.807, 2.05) is 4.98 Å².